The van der Waals surface area contributed by atoms with Crippen molar-refractivity contribution < 1.29 is 36.1 Å². The smallest absolute Gasteiger partial charge is 0.167 e. The molecule has 0 aliphatic carbocycles. The second kappa shape index (κ2) is 4.66. The van der Waals surface area contributed by atoms with Gasteiger partial charge in [0.1, 0.15) is 0 Å². The first-order valence-corrected chi connectivity index (χ1v) is 3.00. The van der Waals surface area contributed by atoms with Gasteiger partial charge in [-0.3, -0.25) is 0 Å². The van der Waals surface area contributed by atoms with Gasteiger partial charge in [0, 0.05) is 50.0 Å². The van der Waals surface area contributed by atoms with Gasteiger partial charge in [-0.2, -0.15) is 8.42 Å². The first kappa shape index (κ1) is 12.5. The van der Waals surface area contributed by atoms with Gasteiger partial charge < -0.3 is 0 Å². The SMILES string of the molecule is O=S1(=O)OSO1.[Na].[Pd]. The van der Waals surface area contributed by atoms with E-state index in [1.54, 1.807) is 0 Å². The summed E-state index contributed by atoms with van der Waals surface area (Å²) < 4.78 is 26.8. The van der Waals surface area contributed by atoms with Crippen LogP contribution in [0.4, 0.5) is 0 Å². The molecule has 0 saturated carbocycles. The minimum absolute atomic E-state index is 0. The summed E-state index contributed by atoms with van der Waals surface area (Å²) >= 11 is 0.456. The van der Waals surface area contributed by atoms with E-state index >= 15 is 0 Å². The molecule has 0 N–H and O–H groups in total. The van der Waals surface area contributed by atoms with E-state index in [0.717, 1.165) is 0 Å². The van der Waals surface area contributed by atoms with E-state index in [0.29, 0.717) is 12.3 Å². The maximum atomic E-state index is 9.62. The predicted octanol–water partition coefficient (Wildman–Crippen LogP) is -0.542. The summed E-state index contributed by atoms with van der Waals surface area (Å²) in [6, 6.07) is 0. The Morgan fingerprint density at radius 3 is 1.50 bits per heavy atom. The van der Waals surface area contributed by atoms with Gasteiger partial charge in [0.15, 0.2) is 12.3 Å². The van der Waals surface area contributed by atoms with Crippen molar-refractivity contribution in [1.29, 1.82) is 0 Å². The standard InChI is InChI=1S/Na.O4S2.Pd/c;1-6(2)3-5-4-6;. The normalized spacial score (nSPS) is 21.5. The van der Waals surface area contributed by atoms with E-state index in [2.05, 4.69) is 7.26 Å². The average Bonchev–Trinajstić information content (AvgIpc) is 1.32. The quantitative estimate of drug-likeness (QED) is 0.431. The van der Waals surface area contributed by atoms with Crippen molar-refractivity contribution in [1.82, 2.24) is 0 Å². The summed E-state index contributed by atoms with van der Waals surface area (Å²) in [5, 5.41) is 0. The average molecular weight is 258 g/mol. The zero-order chi connectivity index (χ0) is 4.62. The summed E-state index contributed by atoms with van der Waals surface area (Å²) in [5.74, 6) is 0. The minimum Gasteiger partial charge on any atom is -0.167 e. The Bertz CT molecular complexity index is 128. The number of hydrogen-bond donors (Lipinski definition) is 0. The predicted molar refractivity (Wildman–Crippen MR) is 24.4 cm³/mol. The Kier molecular flexibility index (Phi) is 7.31. The molecule has 1 fully saturated rings. The molecule has 1 heterocycles. The molecule has 0 aromatic heterocycles. The minimum atomic E-state index is -3.52. The second-order valence-corrected chi connectivity index (χ2v) is 2.65. The van der Waals surface area contributed by atoms with Crippen molar-refractivity contribution in [3.05, 3.63) is 0 Å². The molecule has 0 aromatic rings. The van der Waals surface area contributed by atoms with Crippen molar-refractivity contribution in [2.24, 2.45) is 0 Å². The van der Waals surface area contributed by atoms with Crippen LogP contribution in [0.3, 0.4) is 0 Å². The summed E-state index contributed by atoms with van der Waals surface area (Å²) in [7, 11) is -3.52. The third-order valence-electron chi connectivity index (χ3n) is 0.222. The largest absolute Gasteiger partial charge is 0.425 e. The molecule has 0 amide bonds. The van der Waals surface area contributed by atoms with Crippen LogP contribution in [0.5, 0.6) is 0 Å². The van der Waals surface area contributed by atoms with Crippen LogP contribution >= 0.6 is 12.3 Å². The van der Waals surface area contributed by atoms with Gasteiger partial charge in [-0.1, -0.05) is 0 Å². The molecular formula is NaO4PdS2. The van der Waals surface area contributed by atoms with Crippen molar-refractivity contribution in [2.75, 3.05) is 0 Å². The molecule has 8 heavy (non-hydrogen) atoms. The maximum absolute atomic E-state index is 9.62. The van der Waals surface area contributed by atoms with Crippen LogP contribution in [-0.2, 0) is 38.1 Å². The first-order valence-electron chi connectivity index (χ1n) is 1.00. The molecule has 8 heteroatoms. The van der Waals surface area contributed by atoms with Crippen molar-refractivity contribution in [2.45, 2.75) is 0 Å². The van der Waals surface area contributed by atoms with Gasteiger partial charge in [-0.15, -0.1) is 7.26 Å². The Hall–Kier alpha value is 1.88. The van der Waals surface area contributed by atoms with Crippen molar-refractivity contribution in [3.63, 3.8) is 0 Å². The molecule has 0 atom stereocenters. The molecule has 1 aliphatic heterocycles. The Balaban J connectivity index is 0. The van der Waals surface area contributed by atoms with Crippen molar-refractivity contribution in [3.8, 4) is 0 Å². The third kappa shape index (κ3) is 3.82. The first-order chi connectivity index (χ1) is 2.71. The monoisotopic (exact) mass is 257 g/mol. The number of hydrogen-bond acceptors (Lipinski definition) is 5. The van der Waals surface area contributed by atoms with Crippen LogP contribution in [0.1, 0.15) is 0 Å². The van der Waals surface area contributed by atoms with Crippen LogP contribution in [0.15, 0.2) is 0 Å². The fourth-order valence-corrected chi connectivity index (χ4v) is 0.658. The molecule has 1 radical (unpaired) electrons. The molecule has 0 unspecified atom stereocenters. The summed E-state index contributed by atoms with van der Waals surface area (Å²) in [4.78, 5) is 0. The third-order valence-corrected chi connectivity index (χ3v) is 2.00. The fraction of sp³-hybridized carbons (Fsp3) is 0. The van der Waals surface area contributed by atoms with Crippen LogP contribution in [0.2, 0.25) is 0 Å². The van der Waals surface area contributed by atoms with E-state index in [-0.39, 0.29) is 50.0 Å². The van der Waals surface area contributed by atoms with E-state index < -0.39 is 10.4 Å². The van der Waals surface area contributed by atoms with E-state index in [4.69, 9.17) is 0 Å². The zero-order valence-corrected chi connectivity index (χ0v) is 8.95. The van der Waals surface area contributed by atoms with Crippen LogP contribution in [-0.4, -0.2) is 38.0 Å². The van der Waals surface area contributed by atoms with Gasteiger partial charge in [0.25, 0.3) is 0 Å². The van der Waals surface area contributed by atoms with Crippen LogP contribution < -0.4 is 0 Å². The van der Waals surface area contributed by atoms with Gasteiger partial charge in [0.2, 0.25) is 0 Å². The molecular weight excluding hydrogens is 258 g/mol. The Labute approximate surface area is 87.4 Å². The van der Waals surface area contributed by atoms with Gasteiger partial charge >= 0.3 is 10.4 Å². The van der Waals surface area contributed by atoms with Crippen LogP contribution in [0, 0.1) is 0 Å². The topological polar surface area (TPSA) is 52.6 Å². The van der Waals surface area contributed by atoms with Gasteiger partial charge in [0.05, 0.1) is 0 Å². The number of rotatable bonds is 0. The van der Waals surface area contributed by atoms with E-state index in [1.165, 1.54) is 0 Å². The molecule has 4 nitrogen and oxygen atoms in total. The maximum Gasteiger partial charge on any atom is 0.425 e. The molecule has 47 valence electrons. The molecule has 1 rings (SSSR count). The second-order valence-electron chi connectivity index (χ2n) is 0.612. The molecule has 1 aliphatic rings. The molecule has 1 saturated heterocycles. The summed E-state index contributed by atoms with van der Waals surface area (Å²) in [6.45, 7) is 0. The molecule has 0 spiro atoms. The summed E-state index contributed by atoms with van der Waals surface area (Å²) in [5.41, 5.74) is 0. The zero-order valence-electron chi connectivity index (χ0n) is 3.77. The molecule has 0 aromatic carbocycles. The van der Waals surface area contributed by atoms with Crippen LogP contribution in [0.25, 0.3) is 0 Å². The van der Waals surface area contributed by atoms with Gasteiger partial charge in [-0.05, 0) is 0 Å². The fourth-order valence-electron chi connectivity index (χ4n) is 0.0731. The summed E-state index contributed by atoms with van der Waals surface area (Å²) in [6.07, 6.45) is 0. The molecule has 0 bridgehead atoms. The van der Waals surface area contributed by atoms with Gasteiger partial charge in [-0.25, -0.2) is 0 Å². The Morgan fingerprint density at radius 2 is 1.50 bits per heavy atom. The van der Waals surface area contributed by atoms with E-state index in [1.807, 2.05) is 0 Å². The Morgan fingerprint density at radius 1 is 1.25 bits per heavy atom. The van der Waals surface area contributed by atoms with Crippen molar-refractivity contribution >= 4 is 52.3 Å². The van der Waals surface area contributed by atoms with E-state index in [9.17, 15) is 8.42 Å².